The summed E-state index contributed by atoms with van der Waals surface area (Å²) in [5.41, 5.74) is 1.89. The molecule has 182 valence electrons. The highest BCUT2D eigenvalue weighted by Crippen LogP contribution is 2.39. The first-order valence-corrected chi connectivity index (χ1v) is 11.5. The van der Waals surface area contributed by atoms with Crippen molar-refractivity contribution in [3.63, 3.8) is 0 Å². The van der Waals surface area contributed by atoms with E-state index in [-0.39, 0.29) is 0 Å². The fraction of sp³-hybridized carbons (Fsp3) is 0.292. The van der Waals surface area contributed by atoms with Crippen LogP contribution in [0, 0.1) is 0 Å². The smallest absolute Gasteiger partial charge is 0.230 e. The monoisotopic (exact) mass is 496 g/mol. The highest BCUT2D eigenvalue weighted by molar-refractivity contribution is 6.32. The molecule has 0 radical (unpaired) electrons. The zero-order valence-corrected chi connectivity index (χ0v) is 20.1. The minimum atomic E-state index is 0.336. The maximum atomic E-state index is 6.44. The number of methoxy groups -OCH3 is 2. The Kier molecular flexibility index (Phi) is 6.73. The number of benzene rings is 2. The van der Waals surface area contributed by atoms with E-state index in [9.17, 15) is 0 Å². The summed E-state index contributed by atoms with van der Waals surface area (Å²) < 4.78 is 22.2. The summed E-state index contributed by atoms with van der Waals surface area (Å²) in [7, 11) is 3.10. The third kappa shape index (κ3) is 5.18. The van der Waals surface area contributed by atoms with Crippen LogP contribution in [-0.2, 0) is 11.3 Å². The summed E-state index contributed by atoms with van der Waals surface area (Å²) in [5.74, 6) is 3.65. The summed E-state index contributed by atoms with van der Waals surface area (Å²) in [6.45, 7) is 3.04. The van der Waals surface area contributed by atoms with E-state index < -0.39 is 0 Å². The molecule has 1 saturated heterocycles. The molecular weight excluding hydrogens is 472 g/mol. The number of rotatable bonds is 8. The zero-order valence-electron chi connectivity index (χ0n) is 19.4. The highest BCUT2D eigenvalue weighted by Gasteiger charge is 2.18. The van der Waals surface area contributed by atoms with Crippen LogP contribution in [0.25, 0.3) is 11.0 Å². The molecule has 4 aromatic rings. The molecule has 0 spiro atoms. The van der Waals surface area contributed by atoms with E-state index in [2.05, 4.69) is 25.2 Å². The number of imidazole rings is 1. The summed E-state index contributed by atoms with van der Waals surface area (Å²) in [6, 6.07) is 12.9. The van der Waals surface area contributed by atoms with Crippen molar-refractivity contribution in [3.05, 3.63) is 53.3 Å². The van der Waals surface area contributed by atoms with Gasteiger partial charge in [-0.15, -0.1) is 0 Å². The van der Waals surface area contributed by atoms with Crippen LogP contribution in [0.15, 0.2) is 42.5 Å². The van der Waals surface area contributed by atoms with Crippen LogP contribution in [0.5, 0.6) is 23.1 Å². The Labute approximate surface area is 207 Å². The third-order valence-electron chi connectivity index (χ3n) is 5.51. The second-order valence-electron chi connectivity index (χ2n) is 7.78. The van der Waals surface area contributed by atoms with E-state index in [1.165, 1.54) is 0 Å². The standard InChI is InChI=1S/C24H25ClN6O4/c1-32-19-11-15(25)18(12-20(19)33-2)35-23-13-21(29-24(30-23)31-7-9-34-10-8-31)26-14-22-27-16-5-3-4-6-17(16)28-22/h3-6,11-13H,7-10,14H2,1-2H3,(H,27,28)(H,26,29,30). The van der Waals surface area contributed by atoms with Crippen molar-refractivity contribution in [3.8, 4) is 23.1 Å². The van der Waals surface area contributed by atoms with Crippen molar-refractivity contribution < 1.29 is 18.9 Å². The molecule has 0 saturated carbocycles. The van der Waals surface area contributed by atoms with Gasteiger partial charge in [-0.2, -0.15) is 9.97 Å². The van der Waals surface area contributed by atoms with E-state index in [4.69, 9.17) is 35.5 Å². The number of morpholine rings is 1. The lowest BCUT2D eigenvalue weighted by atomic mass is 10.3. The van der Waals surface area contributed by atoms with Gasteiger partial charge in [0.2, 0.25) is 11.8 Å². The predicted molar refractivity (Wildman–Crippen MR) is 133 cm³/mol. The maximum Gasteiger partial charge on any atom is 0.230 e. The fourth-order valence-corrected chi connectivity index (χ4v) is 3.94. The Balaban J connectivity index is 1.43. The van der Waals surface area contributed by atoms with Crippen LogP contribution in [0.4, 0.5) is 11.8 Å². The fourth-order valence-electron chi connectivity index (χ4n) is 3.75. The highest BCUT2D eigenvalue weighted by atomic mass is 35.5. The number of ether oxygens (including phenoxy) is 4. The minimum absolute atomic E-state index is 0.336. The van der Waals surface area contributed by atoms with Crippen LogP contribution in [0.2, 0.25) is 5.02 Å². The first-order chi connectivity index (χ1) is 17.1. The van der Waals surface area contributed by atoms with E-state index in [1.807, 2.05) is 24.3 Å². The molecule has 0 bridgehead atoms. The summed E-state index contributed by atoms with van der Waals surface area (Å²) in [5, 5.41) is 3.69. The molecule has 35 heavy (non-hydrogen) atoms. The molecule has 2 aromatic heterocycles. The second kappa shape index (κ2) is 10.2. The SMILES string of the molecule is COc1cc(Cl)c(Oc2cc(NCc3nc4ccccc4[nH]3)nc(N3CCOCC3)n2)cc1OC. The molecule has 2 N–H and O–H groups in total. The van der Waals surface area contributed by atoms with Gasteiger partial charge >= 0.3 is 0 Å². The Hall–Kier alpha value is -3.76. The van der Waals surface area contributed by atoms with E-state index in [0.29, 0.717) is 72.8 Å². The van der Waals surface area contributed by atoms with Crippen molar-refractivity contribution in [2.45, 2.75) is 6.54 Å². The topological polar surface area (TPSA) is 107 Å². The van der Waals surface area contributed by atoms with Gasteiger partial charge in [0.25, 0.3) is 0 Å². The van der Waals surface area contributed by atoms with Gasteiger partial charge in [0, 0.05) is 31.3 Å². The van der Waals surface area contributed by atoms with Gasteiger partial charge in [-0.25, -0.2) is 4.98 Å². The van der Waals surface area contributed by atoms with Crippen molar-refractivity contribution >= 4 is 34.4 Å². The number of hydrogen-bond donors (Lipinski definition) is 2. The van der Waals surface area contributed by atoms with Crippen molar-refractivity contribution in [2.24, 2.45) is 0 Å². The number of fused-ring (bicyclic) bond motifs is 1. The molecule has 0 aliphatic carbocycles. The normalized spacial score (nSPS) is 13.6. The predicted octanol–water partition coefficient (Wildman–Crippen LogP) is 4.26. The summed E-state index contributed by atoms with van der Waals surface area (Å²) >= 11 is 6.44. The van der Waals surface area contributed by atoms with E-state index in [0.717, 1.165) is 16.9 Å². The Morgan fingerprint density at radius 3 is 2.54 bits per heavy atom. The van der Waals surface area contributed by atoms with Crippen LogP contribution in [0.3, 0.4) is 0 Å². The number of H-pyrrole nitrogens is 1. The molecule has 1 fully saturated rings. The largest absolute Gasteiger partial charge is 0.493 e. The zero-order chi connectivity index (χ0) is 24.2. The number of nitrogens with zero attached hydrogens (tertiary/aromatic N) is 4. The minimum Gasteiger partial charge on any atom is -0.493 e. The molecule has 0 unspecified atom stereocenters. The molecule has 1 aliphatic rings. The Bertz CT molecular complexity index is 1290. The molecule has 0 atom stereocenters. The molecule has 2 aromatic carbocycles. The summed E-state index contributed by atoms with van der Waals surface area (Å²) in [6.07, 6.45) is 0. The number of aromatic nitrogens is 4. The number of aromatic amines is 1. The quantitative estimate of drug-likeness (QED) is 0.370. The first kappa shape index (κ1) is 23.0. The lowest BCUT2D eigenvalue weighted by Crippen LogP contribution is -2.37. The average Bonchev–Trinajstić information content (AvgIpc) is 3.32. The first-order valence-electron chi connectivity index (χ1n) is 11.1. The Morgan fingerprint density at radius 2 is 1.77 bits per heavy atom. The van der Waals surface area contributed by atoms with Crippen molar-refractivity contribution in [1.82, 2.24) is 19.9 Å². The van der Waals surface area contributed by atoms with Crippen LogP contribution in [0.1, 0.15) is 5.82 Å². The number of anilines is 2. The molecule has 5 rings (SSSR count). The van der Waals surface area contributed by atoms with Gasteiger partial charge in [-0.1, -0.05) is 23.7 Å². The second-order valence-corrected chi connectivity index (χ2v) is 8.19. The third-order valence-corrected chi connectivity index (χ3v) is 5.81. The lowest BCUT2D eigenvalue weighted by molar-refractivity contribution is 0.122. The number of nitrogens with one attached hydrogen (secondary N) is 2. The van der Waals surface area contributed by atoms with E-state index in [1.54, 1.807) is 32.4 Å². The number of halogens is 1. The maximum absolute atomic E-state index is 6.44. The average molecular weight is 497 g/mol. The number of para-hydroxylation sites is 2. The van der Waals surface area contributed by atoms with Crippen LogP contribution < -0.4 is 24.4 Å². The van der Waals surface area contributed by atoms with Gasteiger partial charge < -0.3 is 34.1 Å². The molecule has 0 amide bonds. The molecule has 10 nitrogen and oxygen atoms in total. The van der Waals surface area contributed by atoms with Gasteiger partial charge in [0.1, 0.15) is 11.6 Å². The molecule has 1 aliphatic heterocycles. The molecular formula is C24H25ClN6O4. The summed E-state index contributed by atoms with van der Waals surface area (Å²) in [4.78, 5) is 19.3. The van der Waals surface area contributed by atoms with Gasteiger partial charge in [-0.3, -0.25) is 0 Å². The van der Waals surface area contributed by atoms with Crippen LogP contribution in [-0.4, -0.2) is 60.5 Å². The molecule has 3 heterocycles. The lowest BCUT2D eigenvalue weighted by Gasteiger charge is -2.27. The van der Waals surface area contributed by atoms with Crippen LogP contribution >= 0.6 is 11.6 Å². The van der Waals surface area contributed by atoms with E-state index >= 15 is 0 Å². The van der Waals surface area contributed by atoms with Crippen molar-refractivity contribution in [2.75, 3.05) is 50.7 Å². The molecule has 11 heteroatoms. The Morgan fingerprint density at radius 1 is 1.00 bits per heavy atom. The van der Waals surface area contributed by atoms with Crippen molar-refractivity contribution in [1.29, 1.82) is 0 Å². The number of hydrogen-bond acceptors (Lipinski definition) is 9. The van der Waals surface area contributed by atoms with Gasteiger partial charge in [0.15, 0.2) is 17.2 Å². The van der Waals surface area contributed by atoms with Gasteiger partial charge in [0.05, 0.1) is 50.0 Å². The van der Waals surface area contributed by atoms with Gasteiger partial charge in [-0.05, 0) is 12.1 Å².